The first-order valence-corrected chi connectivity index (χ1v) is 11.0. The molecule has 3 rings (SSSR count). The Morgan fingerprint density at radius 3 is 2.32 bits per heavy atom. The van der Waals surface area contributed by atoms with Gasteiger partial charge in [-0.2, -0.15) is 0 Å². The van der Waals surface area contributed by atoms with Crippen molar-refractivity contribution in [3.63, 3.8) is 0 Å². The predicted octanol–water partition coefficient (Wildman–Crippen LogP) is 5.21. The molecule has 0 bridgehead atoms. The van der Waals surface area contributed by atoms with Gasteiger partial charge in [0.05, 0.1) is 34.1 Å². The van der Waals surface area contributed by atoms with E-state index < -0.39 is 5.91 Å². The van der Waals surface area contributed by atoms with Crippen LogP contribution in [0.2, 0.25) is 15.1 Å². The van der Waals surface area contributed by atoms with Crippen LogP contribution in [0, 0.1) is 5.92 Å². The van der Waals surface area contributed by atoms with Crippen molar-refractivity contribution in [3.05, 3.63) is 51.0 Å². The van der Waals surface area contributed by atoms with Crippen molar-refractivity contribution in [2.75, 3.05) is 43.5 Å². The van der Waals surface area contributed by atoms with Crippen LogP contribution in [0.4, 0.5) is 11.4 Å². The molecule has 2 amide bonds. The molecule has 31 heavy (non-hydrogen) atoms. The number of hydrogen-bond acceptors (Lipinski definition) is 4. The lowest BCUT2D eigenvalue weighted by Gasteiger charge is -2.38. The molecule has 0 atom stereocenters. The highest BCUT2D eigenvalue weighted by molar-refractivity contribution is 6.37. The van der Waals surface area contributed by atoms with Crippen LogP contribution in [-0.2, 0) is 4.79 Å². The maximum atomic E-state index is 13.0. The number of anilines is 2. The monoisotopic (exact) mass is 483 g/mol. The van der Waals surface area contributed by atoms with E-state index in [1.165, 1.54) is 19.2 Å². The van der Waals surface area contributed by atoms with Crippen LogP contribution < -0.4 is 15.0 Å². The Hall–Kier alpha value is -2.15. The van der Waals surface area contributed by atoms with E-state index in [0.29, 0.717) is 47.6 Å². The van der Waals surface area contributed by atoms with Gasteiger partial charge in [0.25, 0.3) is 5.91 Å². The molecule has 1 fully saturated rings. The smallest absolute Gasteiger partial charge is 0.259 e. The van der Waals surface area contributed by atoms with Crippen LogP contribution in [0.3, 0.4) is 0 Å². The number of benzene rings is 2. The number of para-hydroxylation sites is 1. The first-order valence-electron chi connectivity index (χ1n) is 9.89. The molecule has 9 heteroatoms. The molecule has 1 aliphatic rings. The summed E-state index contributed by atoms with van der Waals surface area (Å²) in [5.41, 5.74) is 1.49. The predicted molar refractivity (Wildman–Crippen MR) is 126 cm³/mol. The Morgan fingerprint density at radius 2 is 1.71 bits per heavy atom. The minimum Gasteiger partial charge on any atom is -0.494 e. The summed E-state index contributed by atoms with van der Waals surface area (Å²) >= 11 is 18.8. The molecule has 0 aliphatic carbocycles. The van der Waals surface area contributed by atoms with E-state index in [2.05, 4.69) is 10.2 Å². The summed E-state index contributed by atoms with van der Waals surface area (Å²) in [4.78, 5) is 29.3. The highest BCUT2D eigenvalue weighted by Gasteiger charge is 2.26. The Bertz CT molecular complexity index is 989. The van der Waals surface area contributed by atoms with Crippen molar-refractivity contribution in [1.82, 2.24) is 4.90 Å². The number of carbonyl (C=O) groups is 2. The van der Waals surface area contributed by atoms with Gasteiger partial charge in [-0.1, -0.05) is 54.7 Å². The van der Waals surface area contributed by atoms with E-state index in [1.807, 2.05) is 18.7 Å². The second-order valence-corrected chi connectivity index (χ2v) is 8.78. The zero-order chi connectivity index (χ0) is 22.7. The summed E-state index contributed by atoms with van der Waals surface area (Å²) in [5, 5.41) is 3.99. The number of hydrogen-bond donors (Lipinski definition) is 1. The number of nitrogens with one attached hydrogen (secondary N) is 1. The Balaban J connectivity index is 1.85. The summed E-state index contributed by atoms with van der Waals surface area (Å²) in [6.45, 7) is 6.19. The number of halogens is 3. The number of ether oxygens (including phenoxy) is 1. The molecule has 2 aromatic carbocycles. The van der Waals surface area contributed by atoms with Gasteiger partial charge in [0.1, 0.15) is 5.75 Å². The van der Waals surface area contributed by atoms with E-state index in [0.717, 1.165) is 0 Å². The van der Waals surface area contributed by atoms with E-state index in [1.54, 1.807) is 18.2 Å². The number of carbonyl (C=O) groups excluding carboxylic acids is 2. The fourth-order valence-electron chi connectivity index (χ4n) is 3.58. The van der Waals surface area contributed by atoms with E-state index in [4.69, 9.17) is 39.5 Å². The summed E-state index contributed by atoms with van der Waals surface area (Å²) in [6, 6.07) is 8.34. The van der Waals surface area contributed by atoms with Gasteiger partial charge in [-0.3, -0.25) is 9.59 Å². The average molecular weight is 485 g/mol. The van der Waals surface area contributed by atoms with Gasteiger partial charge in [-0.15, -0.1) is 0 Å². The third kappa shape index (κ3) is 5.20. The normalized spacial score (nSPS) is 14.0. The van der Waals surface area contributed by atoms with Gasteiger partial charge in [0, 0.05) is 37.1 Å². The topological polar surface area (TPSA) is 61.9 Å². The third-order valence-corrected chi connectivity index (χ3v) is 5.90. The summed E-state index contributed by atoms with van der Waals surface area (Å²) in [7, 11) is 1.44. The Kier molecular flexibility index (Phi) is 7.57. The van der Waals surface area contributed by atoms with Gasteiger partial charge in [0.15, 0.2) is 0 Å². The second kappa shape index (κ2) is 9.98. The maximum absolute atomic E-state index is 13.0. The van der Waals surface area contributed by atoms with E-state index in [9.17, 15) is 9.59 Å². The van der Waals surface area contributed by atoms with Crippen molar-refractivity contribution >= 4 is 58.0 Å². The van der Waals surface area contributed by atoms with Gasteiger partial charge in [-0.05, 0) is 24.3 Å². The molecule has 1 aliphatic heterocycles. The van der Waals surface area contributed by atoms with Gasteiger partial charge < -0.3 is 19.9 Å². The van der Waals surface area contributed by atoms with Crippen LogP contribution in [0.5, 0.6) is 5.75 Å². The van der Waals surface area contributed by atoms with Crippen LogP contribution >= 0.6 is 34.8 Å². The molecule has 0 spiro atoms. The minimum absolute atomic E-state index is 0.0405. The first-order chi connectivity index (χ1) is 14.7. The van der Waals surface area contributed by atoms with Crippen LogP contribution in [-0.4, -0.2) is 50.0 Å². The molecule has 1 saturated heterocycles. The molecule has 1 heterocycles. The molecule has 0 unspecified atom stereocenters. The minimum atomic E-state index is -0.418. The largest absolute Gasteiger partial charge is 0.494 e. The second-order valence-electron chi connectivity index (χ2n) is 7.53. The number of methoxy groups -OCH3 is 1. The zero-order valence-electron chi connectivity index (χ0n) is 17.5. The lowest BCUT2D eigenvalue weighted by Crippen LogP contribution is -2.50. The van der Waals surface area contributed by atoms with Crippen molar-refractivity contribution in [1.29, 1.82) is 0 Å². The number of piperazine rings is 1. The molecule has 0 saturated carbocycles. The molecule has 166 valence electrons. The van der Waals surface area contributed by atoms with Crippen molar-refractivity contribution in [2.24, 2.45) is 5.92 Å². The fraction of sp³-hybridized carbons (Fsp3) is 0.364. The summed E-state index contributed by atoms with van der Waals surface area (Å²) < 4.78 is 5.29. The van der Waals surface area contributed by atoms with Crippen LogP contribution in [0.25, 0.3) is 0 Å². The van der Waals surface area contributed by atoms with Crippen LogP contribution in [0.15, 0.2) is 30.3 Å². The highest BCUT2D eigenvalue weighted by Crippen LogP contribution is 2.37. The SMILES string of the molecule is COc1c(Cl)cc(Cl)cc1C(=O)Nc1cccc(Cl)c1N1CCN(C(=O)C(C)C)CC1. The Labute approximate surface area is 197 Å². The molecular weight excluding hydrogens is 461 g/mol. The number of rotatable bonds is 5. The first kappa shape index (κ1) is 23.5. The third-order valence-electron chi connectivity index (χ3n) is 5.09. The summed E-state index contributed by atoms with van der Waals surface area (Å²) in [5.74, 6) is -0.0789. The standard InChI is InChI=1S/C22H24Cl3N3O3/c1-13(2)22(30)28-9-7-27(8-10-28)19-16(24)5-4-6-18(19)26-21(29)15-11-14(23)12-17(25)20(15)31-3/h4-6,11-13H,7-10H2,1-3H3,(H,26,29). The van der Waals surface area contributed by atoms with E-state index in [-0.39, 0.29) is 28.2 Å². The molecule has 0 radical (unpaired) electrons. The Morgan fingerprint density at radius 1 is 1.03 bits per heavy atom. The number of amides is 2. The fourth-order valence-corrected chi connectivity index (χ4v) is 4.44. The maximum Gasteiger partial charge on any atom is 0.259 e. The molecule has 1 N–H and O–H groups in total. The molecule has 0 aromatic heterocycles. The van der Waals surface area contributed by atoms with Gasteiger partial charge in [0.2, 0.25) is 5.91 Å². The molecular formula is C22H24Cl3N3O3. The van der Waals surface area contributed by atoms with Crippen molar-refractivity contribution in [2.45, 2.75) is 13.8 Å². The average Bonchev–Trinajstić information content (AvgIpc) is 2.73. The van der Waals surface area contributed by atoms with Crippen molar-refractivity contribution in [3.8, 4) is 5.75 Å². The molecule has 6 nitrogen and oxygen atoms in total. The highest BCUT2D eigenvalue weighted by atomic mass is 35.5. The van der Waals surface area contributed by atoms with E-state index >= 15 is 0 Å². The lowest BCUT2D eigenvalue weighted by molar-refractivity contribution is -0.134. The van der Waals surface area contributed by atoms with Gasteiger partial charge >= 0.3 is 0 Å². The summed E-state index contributed by atoms with van der Waals surface area (Å²) in [6.07, 6.45) is 0. The van der Waals surface area contributed by atoms with Gasteiger partial charge in [-0.25, -0.2) is 0 Å². The number of nitrogens with zero attached hydrogens (tertiary/aromatic N) is 2. The quantitative estimate of drug-likeness (QED) is 0.633. The molecule has 2 aromatic rings. The van der Waals surface area contributed by atoms with Crippen molar-refractivity contribution < 1.29 is 14.3 Å². The van der Waals surface area contributed by atoms with Crippen LogP contribution in [0.1, 0.15) is 24.2 Å². The lowest BCUT2D eigenvalue weighted by atomic mass is 10.1. The zero-order valence-corrected chi connectivity index (χ0v) is 19.8.